The van der Waals surface area contributed by atoms with E-state index in [2.05, 4.69) is 13.8 Å². The smallest absolute Gasteiger partial charge is 0.143 e. The van der Waals surface area contributed by atoms with Gasteiger partial charge >= 0.3 is 0 Å². The molecule has 0 saturated carbocycles. The van der Waals surface area contributed by atoms with Gasteiger partial charge in [0.05, 0.1) is 0 Å². The van der Waals surface area contributed by atoms with Gasteiger partial charge in [-0.25, -0.2) is 0 Å². The minimum absolute atomic E-state index is 0.318. The maximum Gasteiger partial charge on any atom is 0.143 e. The van der Waals surface area contributed by atoms with Gasteiger partial charge in [-0.2, -0.15) is 0 Å². The molecule has 1 nitrogen and oxygen atoms in total. The lowest BCUT2D eigenvalue weighted by Crippen LogP contribution is -1.94. The van der Waals surface area contributed by atoms with Crippen LogP contribution in [0.2, 0.25) is 5.02 Å². The normalized spacial score (nSPS) is 11.9. The lowest BCUT2D eigenvalue weighted by atomic mass is 9.95. The molecular weight excluding hydrogens is 196 g/mol. The number of allylic oxidation sites excluding steroid dienone is 2. The van der Waals surface area contributed by atoms with Crippen LogP contribution < -0.4 is 0 Å². The minimum Gasteiger partial charge on any atom is -0.299 e. The molecule has 0 spiro atoms. The quantitative estimate of drug-likeness (QED) is 0.548. The summed E-state index contributed by atoms with van der Waals surface area (Å²) in [7, 11) is 0. The maximum absolute atomic E-state index is 10.5. The number of aldehydes is 1. The molecule has 0 radical (unpaired) electrons. The highest BCUT2D eigenvalue weighted by Crippen LogP contribution is 2.24. The van der Waals surface area contributed by atoms with Gasteiger partial charge in [0, 0.05) is 5.02 Å². The fraction of sp³-hybridized carbons (Fsp3) is 0.250. The van der Waals surface area contributed by atoms with Crippen LogP contribution in [0.1, 0.15) is 19.4 Å². The summed E-state index contributed by atoms with van der Waals surface area (Å²) in [6.45, 7) is 4.10. The zero-order chi connectivity index (χ0) is 10.6. The fourth-order valence-corrected chi connectivity index (χ4v) is 1.55. The first-order valence-electron chi connectivity index (χ1n) is 4.56. The van der Waals surface area contributed by atoms with E-state index in [0.29, 0.717) is 10.9 Å². The summed E-state index contributed by atoms with van der Waals surface area (Å²) in [4.78, 5) is 10.5. The van der Waals surface area contributed by atoms with Crippen LogP contribution in [0.3, 0.4) is 0 Å². The van der Waals surface area contributed by atoms with Crippen LogP contribution in [0.25, 0.3) is 5.57 Å². The summed E-state index contributed by atoms with van der Waals surface area (Å²) < 4.78 is 0. The Balaban J connectivity index is 3.12. The van der Waals surface area contributed by atoms with Crippen LogP contribution in [0, 0.1) is 5.92 Å². The van der Waals surface area contributed by atoms with Crippen molar-refractivity contribution >= 4 is 23.5 Å². The summed E-state index contributed by atoms with van der Waals surface area (Å²) in [5.41, 5.74) is 2.03. The molecule has 2 heteroatoms. The Morgan fingerprint density at radius 3 is 2.64 bits per heavy atom. The Morgan fingerprint density at radius 2 is 2.14 bits per heavy atom. The van der Waals surface area contributed by atoms with E-state index in [1.54, 1.807) is 6.08 Å². The van der Waals surface area contributed by atoms with Crippen LogP contribution in [0.5, 0.6) is 0 Å². The lowest BCUT2D eigenvalue weighted by molar-refractivity contribution is -0.104. The third-order valence-electron chi connectivity index (χ3n) is 2.03. The SMILES string of the molecule is CC(C)/C(=C/C=O)c1cccc(Cl)c1. The Morgan fingerprint density at radius 1 is 1.43 bits per heavy atom. The molecule has 0 aliphatic heterocycles. The first kappa shape index (κ1) is 11.0. The van der Waals surface area contributed by atoms with Crippen molar-refractivity contribution < 1.29 is 4.79 Å². The van der Waals surface area contributed by atoms with Crippen molar-refractivity contribution in [3.05, 3.63) is 40.9 Å². The Kier molecular flexibility index (Phi) is 3.90. The largest absolute Gasteiger partial charge is 0.299 e. The molecule has 0 aliphatic rings. The minimum atomic E-state index is 0.318. The summed E-state index contributed by atoms with van der Waals surface area (Å²) in [6, 6.07) is 7.54. The second-order valence-corrected chi connectivity index (χ2v) is 3.86. The van der Waals surface area contributed by atoms with Crippen LogP contribution in [-0.2, 0) is 4.79 Å². The van der Waals surface area contributed by atoms with Crippen LogP contribution in [0.15, 0.2) is 30.3 Å². The summed E-state index contributed by atoms with van der Waals surface area (Å²) in [6.07, 6.45) is 2.41. The van der Waals surface area contributed by atoms with E-state index in [9.17, 15) is 4.79 Å². The first-order chi connectivity index (χ1) is 6.65. The molecule has 0 amide bonds. The average Bonchev–Trinajstić information content (AvgIpc) is 2.13. The highest BCUT2D eigenvalue weighted by atomic mass is 35.5. The lowest BCUT2D eigenvalue weighted by Gasteiger charge is -2.10. The number of hydrogen-bond acceptors (Lipinski definition) is 1. The van der Waals surface area contributed by atoms with Gasteiger partial charge in [-0.05, 0) is 35.3 Å². The van der Waals surface area contributed by atoms with E-state index in [4.69, 9.17) is 11.6 Å². The number of carbonyl (C=O) groups is 1. The first-order valence-corrected chi connectivity index (χ1v) is 4.94. The number of halogens is 1. The van der Waals surface area contributed by atoms with Crippen molar-refractivity contribution in [3.63, 3.8) is 0 Å². The van der Waals surface area contributed by atoms with Gasteiger partial charge in [-0.1, -0.05) is 37.6 Å². The number of hydrogen-bond donors (Lipinski definition) is 0. The van der Waals surface area contributed by atoms with E-state index in [1.807, 2.05) is 24.3 Å². The molecule has 0 atom stereocenters. The van der Waals surface area contributed by atoms with Crippen molar-refractivity contribution in [3.8, 4) is 0 Å². The molecule has 0 saturated heterocycles. The van der Waals surface area contributed by atoms with Crippen molar-refractivity contribution in [2.45, 2.75) is 13.8 Å². The summed E-state index contributed by atoms with van der Waals surface area (Å²) in [5.74, 6) is 0.318. The molecule has 14 heavy (non-hydrogen) atoms. The van der Waals surface area contributed by atoms with E-state index < -0.39 is 0 Å². The van der Waals surface area contributed by atoms with Gasteiger partial charge in [0.2, 0.25) is 0 Å². The van der Waals surface area contributed by atoms with Gasteiger partial charge in [-0.3, -0.25) is 4.79 Å². The third-order valence-corrected chi connectivity index (χ3v) is 2.26. The van der Waals surface area contributed by atoms with E-state index in [0.717, 1.165) is 17.4 Å². The third kappa shape index (κ3) is 2.71. The van der Waals surface area contributed by atoms with Crippen molar-refractivity contribution in [2.75, 3.05) is 0 Å². The van der Waals surface area contributed by atoms with Crippen molar-refractivity contribution in [1.29, 1.82) is 0 Å². The van der Waals surface area contributed by atoms with Crippen LogP contribution >= 0.6 is 11.6 Å². The standard InChI is InChI=1S/C12H13ClO/c1-9(2)12(6-7-14)10-4-3-5-11(13)8-10/h3-9H,1-2H3/b12-6-. The predicted molar refractivity (Wildman–Crippen MR) is 60.3 cm³/mol. The second kappa shape index (κ2) is 4.97. The number of benzene rings is 1. The molecule has 0 bridgehead atoms. The van der Waals surface area contributed by atoms with Gasteiger partial charge in [-0.15, -0.1) is 0 Å². The van der Waals surface area contributed by atoms with Crippen molar-refractivity contribution in [2.24, 2.45) is 5.92 Å². The zero-order valence-electron chi connectivity index (χ0n) is 8.33. The molecule has 0 aromatic heterocycles. The monoisotopic (exact) mass is 208 g/mol. The second-order valence-electron chi connectivity index (χ2n) is 3.42. The predicted octanol–water partition coefficient (Wildman–Crippen LogP) is 3.58. The molecular formula is C12H13ClO. The maximum atomic E-state index is 10.5. The summed E-state index contributed by atoms with van der Waals surface area (Å²) >= 11 is 5.88. The molecule has 0 fully saturated rings. The van der Waals surface area contributed by atoms with E-state index >= 15 is 0 Å². The Bertz CT molecular complexity index is 353. The Labute approximate surface area is 89.4 Å². The zero-order valence-corrected chi connectivity index (χ0v) is 9.08. The topological polar surface area (TPSA) is 17.1 Å². The summed E-state index contributed by atoms with van der Waals surface area (Å²) in [5, 5.41) is 0.694. The molecule has 0 aliphatic carbocycles. The van der Waals surface area contributed by atoms with E-state index in [-0.39, 0.29) is 0 Å². The Hall–Kier alpha value is -1.08. The molecule has 0 unspecified atom stereocenters. The van der Waals surface area contributed by atoms with Gasteiger partial charge in [0.1, 0.15) is 6.29 Å². The van der Waals surface area contributed by atoms with Crippen LogP contribution in [0.4, 0.5) is 0 Å². The number of carbonyl (C=O) groups excluding carboxylic acids is 1. The van der Waals surface area contributed by atoms with Gasteiger partial charge in [0.15, 0.2) is 0 Å². The molecule has 0 N–H and O–H groups in total. The highest BCUT2D eigenvalue weighted by Gasteiger charge is 2.05. The molecule has 1 aromatic carbocycles. The fourth-order valence-electron chi connectivity index (χ4n) is 1.36. The highest BCUT2D eigenvalue weighted by molar-refractivity contribution is 6.30. The molecule has 1 aromatic rings. The molecule has 0 heterocycles. The molecule has 1 rings (SSSR count). The molecule has 74 valence electrons. The number of rotatable bonds is 3. The van der Waals surface area contributed by atoms with Gasteiger partial charge < -0.3 is 0 Å². The van der Waals surface area contributed by atoms with E-state index in [1.165, 1.54) is 0 Å². The van der Waals surface area contributed by atoms with Gasteiger partial charge in [0.25, 0.3) is 0 Å². The average molecular weight is 209 g/mol. The van der Waals surface area contributed by atoms with Crippen LogP contribution in [-0.4, -0.2) is 6.29 Å². The van der Waals surface area contributed by atoms with Crippen molar-refractivity contribution in [1.82, 2.24) is 0 Å².